The minimum absolute atomic E-state index is 0.235. The Bertz CT molecular complexity index is 287. The molecular weight excluding hydrogens is 216 g/mol. The van der Waals surface area contributed by atoms with Crippen molar-refractivity contribution in [3.05, 3.63) is 0 Å². The van der Waals surface area contributed by atoms with Gasteiger partial charge in [0, 0.05) is 32.7 Å². The van der Waals surface area contributed by atoms with E-state index in [0.29, 0.717) is 18.4 Å². The molecule has 2 rings (SSSR count). The third-order valence-corrected chi connectivity index (χ3v) is 4.30. The number of ether oxygens (including phenoxy) is 1. The maximum atomic E-state index is 12.5. The summed E-state index contributed by atoms with van der Waals surface area (Å²) in [5.41, 5.74) is 5.59. The van der Waals surface area contributed by atoms with Crippen molar-refractivity contribution in [1.29, 1.82) is 0 Å². The highest BCUT2D eigenvalue weighted by Gasteiger charge is 2.49. The summed E-state index contributed by atoms with van der Waals surface area (Å²) in [4.78, 5) is 14.5. The van der Waals surface area contributed by atoms with Crippen molar-refractivity contribution in [2.75, 3.05) is 33.4 Å². The molecule has 17 heavy (non-hydrogen) atoms. The van der Waals surface area contributed by atoms with E-state index in [2.05, 4.69) is 6.92 Å². The average molecular weight is 240 g/mol. The monoisotopic (exact) mass is 240 g/mol. The van der Waals surface area contributed by atoms with Crippen molar-refractivity contribution in [2.45, 2.75) is 26.2 Å². The molecule has 0 radical (unpaired) electrons. The average Bonchev–Trinajstić information content (AvgIpc) is 2.72. The van der Waals surface area contributed by atoms with Gasteiger partial charge in [-0.25, -0.2) is 0 Å². The van der Waals surface area contributed by atoms with E-state index >= 15 is 0 Å². The Labute approximate surface area is 103 Å². The number of nitrogens with two attached hydrogens (primary N) is 1. The molecule has 1 aliphatic carbocycles. The largest absolute Gasteiger partial charge is 0.384 e. The van der Waals surface area contributed by atoms with Crippen LogP contribution in [-0.4, -0.2) is 44.2 Å². The van der Waals surface area contributed by atoms with Gasteiger partial charge < -0.3 is 15.4 Å². The Morgan fingerprint density at radius 3 is 2.76 bits per heavy atom. The normalized spacial score (nSPS) is 37.0. The first-order valence-corrected chi connectivity index (χ1v) is 6.59. The van der Waals surface area contributed by atoms with Crippen LogP contribution in [0.15, 0.2) is 0 Å². The van der Waals surface area contributed by atoms with Gasteiger partial charge in [0.05, 0.1) is 12.0 Å². The lowest BCUT2D eigenvalue weighted by Gasteiger charge is -2.46. The second kappa shape index (κ2) is 4.94. The zero-order chi connectivity index (χ0) is 12.5. The lowest BCUT2D eigenvalue weighted by molar-refractivity contribution is -0.148. The van der Waals surface area contributed by atoms with Crippen LogP contribution in [0.5, 0.6) is 0 Å². The maximum Gasteiger partial charge on any atom is 0.230 e. The Balaban J connectivity index is 1.92. The third kappa shape index (κ3) is 2.33. The van der Waals surface area contributed by atoms with Gasteiger partial charge in [0.15, 0.2) is 0 Å². The summed E-state index contributed by atoms with van der Waals surface area (Å²) in [6.45, 7) is 5.18. The highest BCUT2D eigenvalue weighted by Crippen LogP contribution is 2.46. The summed E-state index contributed by atoms with van der Waals surface area (Å²) in [5.74, 6) is 1.45. The number of nitrogens with zero attached hydrogens (tertiary/aromatic N) is 1. The van der Waals surface area contributed by atoms with Gasteiger partial charge in [-0.2, -0.15) is 0 Å². The molecule has 0 aromatic rings. The summed E-state index contributed by atoms with van der Waals surface area (Å²) >= 11 is 0. The van der Waals surface area contributed by atoms with E-state index in [1.165, 1.54) is 0 Å². The highest BCUT2D eigenvalue weighted by molar-refractivity contribution is 5.84. The fourth-order valence-electron chi connectivity index (χ4n) is 3.43. The van der Waals surface area contributed by atoms with Crippen LogP contribution >= 0.6 is 0 Å². The van der Waals surface area contributed by atoms with Crippen LogP contribution in [0.1, 0.15) is 26.2 Å². The zero-order valence-corrected chi connectivity index (χ0v) is 10.9. The minimum atomic E-state index is -0.235. The molecule has 0 aromatic heterocycles. The van der Waals surface area contributed by atoms with E-state index in [4.69, 9.17) is 10.5 Å². The summed E-state index contributed by atoms with van der Waals surface area (Å²) < 4.78 is 5.16. The topological polar surface area (TPSA) is 55.6 Å². The van der Waals surface area contributed by atoms with Gasteiger partial charge >= 0.3 is 0 Å². The Hall–Kier alpha value is -0.610. The second-order valence-electron chi connectivity index (χ2n) is 5.86. The summed E-state index contributed by atoms with van der Waals surface area (Å²) in [6, 6.07) is 0. The van der Waals surface area contributed by atoms with E-state index in [-0.39, 0.29) is 11.3 Å². The first-order chi connectivity index (χ1) is 8.11. The predicted molar refractivity (Wildman–Crippen MR) is 66.4 cm³/mol. The van der Waals surface area contributed by atoms with Crippen molar-refractivity contribution in [3.8, 4) is 0 Å². The molecule has 0 aromatic carbocycles. The van der Waals surface area contributed by atoms with Crippen molar-refractivity contribution >= 4 is 5.91 Å². The van der Waals surface area contributed by atoms with E-state index in [1.54, 1.807) is 7.11 Å². The molecule has 0 spiro atoms. The van der Waals surface area contributed by atoms with Crippen molar-refractivity contribution < 1.29 is 9.53 Å². The molecule has 1 atom stereocenters. The summed E-state index contributed by atoms with van der Waals surface area (Å²) in [5, 5.41) is 0. The number of rotatable bonds is 4. The molecule has 2 N–H and O–H groups in total. The van der Waals surface area contributed by atoms with Crippen LogP contribution < -0.4 is 5.73 Å². The number of amides is 1. The van der Waals surface area contributed by atoms with Crippen LogP contribution in [0, 0.1) is 17.3 Å². The van der Waals surface area contributed by atoms with Crippen LogP contribution in [0.4, 0.5) is 0 Å². The van der Waals surface area contributed by atoms with Crippen molar-refractivity contribution in [1.82, 2.24) is 4.90 Å². The smallest absolute Gasteiger partial charge is 0.230 e. The molecular formula is C13H24N2O2. The fraction of sp³-hybridized carbons (Fsp3) is 0.923. The number of carbonyl (C=O) groups excluding carboxylic acids is 1. The van der Waals surface area contributed by atoms with Crippen molar-refractivity contribution in [2.24, 2.45) is 23.0 Å². The minimum Gasteiger partial charge on any atom is -0.384 e. The van der Waals surface area contributed by atoms with Gasteiger partial charge in [-0.05, 0) is 25.2 Å². The van der Waals surface area contributed by atoms with Crippen LogP contribution in [0.2, 0.25) is 0 Å². The second-order valence-corrected chi connectivity index (χ2v) is 5.86. The maximum absolute atomic E-state index is 12.5. The molecule has 1 saturated carbocycles. The van der Waals surface area contributed by atoms with Crippen LogP contribution in [-0.2, 0) is 9.53 Å². The molecule has 1 unspecified atom stereocenters. The number of hydrogen-bond acceptors (Lipinski definition) is 3. The quantitative estimate of drug-likeness (QED) is 0.793. The Morgan fingerprint density at radius 2 is 2.24 bits per heavy atom. The molecule has 4 nitrogen and oxygen atoms in total. The molecule has 1 heterocycles. The van der Waals surface area contributed by atoms with Gasteiger partial charge in [0.1, 0.15) is 0 Å². The molecule has 1 aliphatic heterocycles. The number of hydrogen-bond donors (Lipinski definition) is 1. The van der Waals surface area contributed by atoms with E-state index in [1.807, 2.05) is 4.90 Å². The molecule has 1 amide bonds. The molecule has 98 valence electrons. The first-order valence-electron chi connectivity index (χ1n) is 6.59. The van der Waals surface area contributed by atoms with Gasteiger partial charge in [0.2, 0.25) is 5.91 Å². The summed E-state index contributed by atoms with van der Waals surface area (Å²) in [7, 11) is 1.72. The van der Waals surface area contributed by atoms with E-state index < -0.39 is 0 Å². The van der Waals surface area contributed by atoms with E-state index in [9.17, 15) is 4.79 Å². The van der Waals surface area contributed by atoms with Crippen LogP contribution in [0.3, 0.4) is 0 Å². The van der Waals surface area contributed by atoms with Gasteiger partial charge in [-0.15, -0.1) is 0 Å². The highest BCUT2D eigenvalue weighted by atomic mass is 16.5. The van der Waals surface area contributed by atoms with Crippen molar-refractivity contribution in [3.63, 3.8) is 0 Å². The Kier molecular flexibility index (Phi) is 3.73. The standard InChI is InChI=1S/C13H24N2O2/c1-10-5-13(6-10,9-14)12(16)15-4-3-11(7-15)8-17-2/h10-11H,3-9,14H2,1-2H3. The number of carbonyl (C=O) groups is 1. The van der Waals surface area contributed by atoms with E-state index in [0.717, 1.165) is 39.0 Å². The number of methoxy groups -OCH3 is 1. The molecule has 4 heteroatoms. The fourth-order valence-corrected chi connectivity index (χ4v) is 3.43. The molecule has 2 fully saturated rings. The lowest BCUT2D eigenvalue weighted by atomic mass is 9.62. The first kappa shape index (κ1) is 12.8. The SMILES string of the molecule is COCC1CCN(C(=O)C2(CN)CC(C)C2)C1. The number of likely N-dealkylation sites (tertiary alicyclic amines) is 1. The van der Waals surface area contributed by atoms with Crippen LogP contribution in [0.25, 0.3) is 0 Å². The van der Waals surface area contributed by atoms with Gasteiger partial charge in [-0.3, -0.25) is 4.79 Å². The zero-order valence-electron chi connectivity index (χ0n) is 10.9. The van der Waals surface area contributed by atoms with Gasteiger partial charge in [-0.1, -0.05) is 6.92 Å². The lowest BCUT2D eigenvalue weighted by Crippen LogP contribution is -2.54. The molecule has 1 saturated heterocycles. The van der Waals surface area contributed by atoms with Gasteiger partial charge in [0.25, 0.3) is 0 Å². The third-order valence-electron chi connectivity index (χ3n) is 4.30. The summed E-state index contributed by atoms with van der Waals surface area (Å²) in [6.07, 6.45) is 3.00. The molecule has 0 bridgehead atoms. The predicted octanol–water partition coefficient (Wildman–Crippen LogP) is 0.856. The molecule has 2 aliphatic rings. The Morgan fingerprint density at radius 1 is 1.53 bits per heavy atom.